The number of rotatable bonds is 4. The maximum atomic E-state index is 11.2. The molecule has 1 aromatic heterocycles. The van der Waals surface area contributed by atoms with Crippen molar-refractivity contribution in [1.29, 1.82) is 0 Å². The molecular formula is C12H13N3O2S2. The summed E-state index contributed by atoms with van der Waals surface area (Å²) in [5.74, 6) is 0.545. The first-order chi connectivity index (χ1) is 9.02. The lowest BCUT2D eigenvalue weighted by molar-refractivity contribution is 0.100. The Hall–Kier alpha value is -1.86. The summed E-state index contributed by atoms with van der Waals surface area (Å²) in [6.07, 6.45) is 0. The Bertz CT molecular complexity index is 659. The van der Waals surface area contributed by atoms with Crippen LogP contribution in [0.25, 0.3) is 0 Å². The molecular weight excluding hydrogens is 282 g/mol. The minimum atomic E-state index is -0.554. The Morgan fingerprint density at radius 1 is 1.42 bits per heavy atom. The quantitative estimate of drug-likeness (QED) is 0.845. The van der Waals surface area contributed by atoms with Gasteiger partial charge in [-0.15, -0.1) is 0 Å². The molecule has 1 heterocycles. The molecule has 100 valence electrons. The van der Waals surface area contributed by atoms with Crippen molar-refractivity contribution in [3.63, 3.8) is 0 Å². The summed E-state index contributed by atoms with van der Waals surface area (Å²) in [6.45, 7) is 0.498. The third kappa shape index (κ3) is 2.77. The van der Waals surface area contributed by atoms with Crippen LogP contribution in [0.4, 0.5) is 5.82 Å². The molecule has 0 bridgehead atoms. The number of hydrogen-bond acceptors (Lipinski definition) is 5. The van der Waals surface area contributed by atoms with Crippen LogP contribution < -0.4 is 16.2 Å². The number of thiazole rings is 1. The van der Waals surface area contributed by atoms with Crippen molar-refractivity contribution in [3.8, 4) is 5.75 Å². The summed E-state index contributed by atoms with van der Waals surface area (Å²) in [5.41, 5.74) is 12.1. The predicted octanol–water partition coefficient (Wildman–Crippen LogP) is 2.02. The van der Waals surface area contributed by atoms with E-state index in [1.165, 1.54) is 0 Å². The first-order valence-corrected chi connectivity index (χ1v) is 6.67. The molecule has 1 amide bonds. The molecule has 1 aromatic carbocycles. The van der Waals surface area contributed by atoms with E-state index in [4.69, 9.17) is 28.4 Å². The predicted molar refractivity (Wildman–Crippen MR) is 78.2 cm³/mol. The van der Waals surface area contributed by atoms with E-state index >= 15 is 0 Å². The number of nitrogens with two attached hydrogens (primary N) is 2. The third-order valence-electron chi connectivity index (χ3n) is 2.66. The maximum absolute atomic E-state index is 11.2. The molecule has 0 aliphatic heterocycles. The van der Waals surface area contributed by atoms with Crippen LogP contribution in [0.5, 0.6) is 5.75 Å². The molecule has 0 spiro atoms. The number of primary amides is 1. The highest BCUT2D eigenvalue weighted by Gasteiger charge is 2.14. The van der Waals surface area contributed by atoms with Crippen LogP contribution in [0.15, 0.2) is 24.3 Å². The molecule has 0 fully saturated rings. The van der Waals surface area contributed by atoms with Crippen LogP contribution in [0.1, 0.15) is 15.2 Å². The fourth-order valence-corrected chi connectivity index (χ4v) is 2.83. The van der Waals surface area contributed by atoms with E-state index in [1.54, 1.807) is 11.7 Å². The van der Waals surface area contributed by atoms with Crippen molar-refractivity contribution in [2.75, 3.05) is 12.8 Å². The molecule has 0 aliphatic carbocycles. The Balaban J connectivity index is 2.32. The lowest BCUT2D eigenvalue weighted by Gasteiger charge is -2.07. The van der Waals surface area contributed by atoms with Gasteiger partial charge >= 0.3 is 0 Å². The van der Waals surface area contributed by atoms with Gasteiger partial charge in [-0.3, -0.25) is 4.79 Å². The summed E-state index contributed by atoms with van der Waals surface area (Å²) in [5, 5.41) is 0. The van der Waals surface area contributed by atoms with Gasteiger partial charge < -0.3 is 20.8 Å². The Kier molecular flexibility index (Phi) is 3.87. The lowest BCUT2D eigenvalue weighted by Crippen LogP contribution is -2.13. The average Bonchev–Trinajstić information content (AvgIpc) is 2.68. The number of benzene rings is 1. The number of ether oxygens (including phenoxy) is 1. The standard InChI is InChI=1S/C12H13N3O2S2/c1-17-8-4-2-7(3-5-8)6-15-10(13)9(11(14)16)19-12(15)18/h2-5H,6,13H2,1H3,(H2,14,16). The molecule has 7 heteroatoms. The van der Waals surface area contributed by atoms with Gasteiger partial charge in [-0.25, -0.2) is 0 Å². The van der Waals surface area contributed by atoms with Gasteiger partial charge in [-0.2, -0.15) is 0 Å². The Labute approximate surface area is 119 Å². The van der Waals surface area contributed by atoms with E-state index in [-0.39, 0.29) is 0 Å². The van der Waals surface area contributed by atoms with Gasteiger partial charge in [0.1, 0.15) is 16.4 Å². The van der Waals surface area contributed by atoms with Crippen molar-refractivity contribution in [2.24, 2.45) is 5.73 Å². The summed E-state index contributed by atoms with van der Waals surface area (Å²) < 4.78 is 7.32. The Morgan fingerprint density at radius 3 is 2.53 bits per heavy atom. The van der Waals surface area contributed by atoms with Crippen LogP contribution in [-0.4, -0.2) is 17.6 Å². The average molecular weight is 295 g/mol. The van der Waals surface area contributed by atoms with Gasteiger partial charge in [0.05, 0.1) is 13.7 Å². The number of nitrogen functional groups attached to an aromatic ring is 1. The van der Waals surface area contributed by atoms with Crippen molar-refractivity contribution in [2.45, 2.75) is 6.54 Å². The second kappa shape index (κ2) is 5.41. The van der Waals surface area contributed by atoms with E-state index in [1.807, 2.05) is 24.3 Å². The molecule has 5 nitrogen and oxygen atoms in total. The summed E-state index contributed by atoms with van der Waals surface area (Å²) in [4.78, 5) is 11.5. The number of carbonyl (C=O) groups excluding carboxylic acids is 1. The highest BCUT2D eigenvalue weighted by atomic mass is 32.1. The highest BCUT2D eigenvalue weighted by Crippen LogP contribution is 2.23. The molecule has 2 aromatic rings. The SMILES string of the molecule is COc1ccc(Cn2c(N)c(C(N)=O)sc2=S)cc1. The fourth-order valence-electron chi connectivity index (χ4n) is 1.66. The topological polar surface area (TPSA) is 83.3 Å². The molecule has 2 rings (SSSR count). The minimum Gasteiger partial charge on any atom is -0.497 e. The van der Waals surface area contributed by atoms with Crippen molar-refractivity contribution >= 4 is 35.3 Å². The summed E-state index contributed by atoms with van der Waals surface area (Å²) in [6, 6.07) is 7.55. The number of carbonyl (C=O) groups is 1. The molecule has 4 N–H and O–H groups in total. The fraction of sp³-hybridized carbons (Fsp3) is 0.167. The van der Waals surface area contributed by atoms with E-state index < -0.39 is 5.91 Å². The summed E-state index contributed by atoms with van der Waals surface area (Å²) in [7, 11) is 1.61. The molecule has 19 heavy (non-hydrogen) atoms. The number of anilines is 1. The number of nitrogens with zero attached hydrogens (tertiary/aromatic N) is 1. The normalized spacial score (nSPS) is 10.4. The number of aromatic nitrogens is 1. The number of amides is 1. The van der Waals surface area contributed by atoms with Gasteiger partial charge in [0.15, 0.2) is 3.95 Å². The van der Waals surface area contributed by atoms with Gasteiger partial charge in [-0.1, -0.05) is 23.5 Å². The van der Waals surface area contributed by atoms with Crippen LogP contribution in [-0.2, 0) is 6.54 Å². The maximum Gasteiger partial charge on any atom is 0.262 e. The largest absolute Gasteiger partial charge is 0.497 e. The van der Waals surface area contributed by atoms with Crippen molar-refractivity contribution in [1.82, 2.24) is 4.57 Å². The highest BCUT2D eigenvalue weighted by molar-refractivity contribution is 7.73. The molecule has 0 aliphatic rings. The van der Waals surface area contributed by atoms with E-state index in [0.717, 1.165) is 22.6 Å². The molecule has 0 radical (unpaired) electrons. The van der Waals surface area contributed by atoms with Crippen LogP contribution >= 0.6 is 23.6 Å². The third-order valence-corrected chi connectivity index (χ3v) is 4.14. The second-order valence-electron chi connectivity index (χ2n) is 3.88. The zero-order chi connectivity index (χ0) is 14.0. The van der Waals surface area contributed by atoms with Crippen molar-refractivity contribution < 1.29 is 9.53 Å². The van der Waals surface area contributed by atoms with Gasteiger partial charge in [0.25, 0.3) is 5.91 Å². The van der Waals surface area contributed by atoms with Crippen molar-refractivity contribution in [3.05, 3.63) is 38.7 Å². The molecule has 0 saturated heterocycles. The summed E-state index contributed by atoms with van der Waals surface area (Å²) >= 11 is 6.33. The van der Waals surface area contributed by atoms with E-state index in [0.29, 0.717) is 21.2 Å². The first kappa shape index (κ1) is 13.6. The van der Waals surface area contributed by atoms with Gasteiger partial charge in [0, 0.05) is 0 Å². The second-order valence-corrected chi connectivity index (χ2v) is 5.52. The van der Waals surface area contributed by atoms with Crippen LogP contribution in [0, 0.1) is 3.95 Å². The monoisotopic (exact) mass is 295 g/mol. The van der Waals surface area contributed by atoms with Crippen LogP contribution in [0.2, 0.25) is 0 Å². The molecule has 0 saturated carbocycles. The molecule has 0 unspecified atom stereocenters. The van der Waals surface area contributed by atoms with E-state index in [9.17, 15) is 4.79 Å². The minimum absolute atomic E-state index is 0.304. The zero-order valence-electron chi connectivity index (χ0n) is 10.3. The molecule has 0 atom stereocenters. The van der Waals surface area contributed by atoms with E-state index in [2.05, 4.69) is 0 Å². The smallest absolute Gasteiger partial charge is 0.262 e. The lowest BCUT2D eigenvalue weighted by atomic mass is 10.2. The number of hydrogen-bond donors (Lipinski definition) is 2. The van der Waals surface area contributed by atoms with Gasteiger partial charge in [0.2, 0.25) is 0 Å². The Morgan fingerprint density at radius 2 is 2.05 bits per heavy atom. The van der Waals surface area contributed by atoms with Gasteiger partial charge in [-0.05, 0) is 29.9 Å². The van der Waals surface area contributed by atoms with Crippen LogP contribution in [0.3, 0.4) is 0 Å². The zero-order valence-corrected chi connectivity index (χ0v) is 11.9. The first-order valence-electron chi connectivity index (χ1n) is 5.44. The number of methoxy groups -OCH3 is 1.